The molecule has 1 aromatic carbocycles. The van der Waals surface area contributed by atoms with Gasteiger partial charge >= 0.3 is 0 Å². The number of pyridine rings is 1. The number of carbonyl (C=O) groups is 2. The summed E-state index contributed by atoms with van der Waals surface area (Å²) in [6, 6.07) is 2.83. The third kappa shape index (κ3) is 2.87. The van der Waals surface area contributed by atoms with Gasteiger partial charge in [-0.3, -0.25) is 19.4 Å². The number of benzene rings is 1. The molecule has 1 aromatic heterocycles. The van der Waals surface area contributed by atoms with Crippen LogP contribution in [0.1, 0.15) is 38.2 Å². The number of rotatable bonds is 3. The smallest absolute Gasteiger partial charge is 0.278 e. The maximum Gasteiger partial charge on any atom is 0.278 e. The van der Waals surface area contributed by atoms with Crippen molar-refractivity contribution < 1.29 is 33.3 Å². The van der Waals surface area contributed by atoms with Crippen molar-refractivity contribution in [3.63, 3.8) is 0 Å². The number of amides is 2. The van der Waals surface area contributed by atoms with Gasteiger partial charge in [0.1, 0.15) is 29.5 Å². The van der Waals surface area contributed by atoms with Gasteiger partial charge in [0.05, 0.1) is 25.5 Å². The van der Waals surface area contributed by atoms with Crippen LogP contribution in [0.2, 0.25) is 0 Å². The molecule has 3 aliphatic rings. The Morgan fingerprint density at radius 2 is 2.06 bits per heavy atom. The van der Waals surface area contributed by atoms with Crippen molar-refractivity contribution in [2.45, 2.75) is 18.8 Å². The van der Waals surface area contributed by atoms with E-state index in [4.69, 9.17) is 4.74 Å². The monoisotopic (exact) mass is 448 g/mol. The Kier molecular flexibility index (Phi) is 4.64. The lowest BCUT2D eigenvalue weighted by Gasteiger charge is -2.46. The predicted octanol–water partition coefficient (Wildman–Crippen LogP) is -0.441. The number of aromatic nitrogens is 1. The minimum atomic E-state index is -1.31. The molecular formula is C20H18F2N4O6. The Hall–Kier alpha value is -3.51. The third-order valence-corrected chi connectivity index (χ3v) is 5.89. The van der Waals surface area contributed by atoms with Crippen LogP contribution in [0.3, 0.4) is 0 Å². The largest absolute Gasteiger partial charge is 0.502 e. The van der Waals surface area contributed by atoms with E-state index in [1.807, 2.05) is 0 Å². The van der Waals surface area contributed by atoms with Gasteiger partial charge in [0.25, 0.3) is 11.8 Å². The molecule has 32 heavy (non-hydrogen) atoms. The number of hydrogen-bond donors (Lipinski definition) is 3. The molecule has 5 rings (SSSR count). The molecule has 12 heteroatoms. The van der Waals surface area contributed by atoms with Crippen LogP contribution in [0.5, 0.6) is 5.75 Å². The second kappa shape index (κ2) is 7.28. The highest BCUT2D eigenvalue weighted by molar-refractivity contribution is 6.01. The van der Waals surface area contributed by atoms with Crippen LogP contribution in [-0.4, -0.2) is 64.1 Å². The Morgan fingerprint density at radius 1 is 1.28 bits per heavy atom. The van der Waals surface area contributed by atoms with Crippen molar-refractivity contribution in [3.8, 4) is 5.75 Å². The zero-order valence-electron chi connectivity index (χ0n) is 16.5. The number of carbonyl (C=O) groups excluding carboxylic acids is 2. The second-order valence-electron chi connectivity index (χ2n) is 7.71. The van der Waals surface area contributed by atoms with E-state index in [2.05, 4.69) is 5.32 Å². The first kappa shape index (κ1) is 20.4. The van der Waals surface area contributed by atoms with E-state index in [0.717, 1.165) is 12.1 Å². The fourth-order valence-electron chi connectivity index (χ4n) is 4.39. The van der Waals surface area contributed by atoms with Crippen LogP contribution in [-0.2, 0) is 11.3 Å². The normalized spacial score (nSPS) is 21.4. The number of nitrogens with one attached hydrogen (secondary N) is 1. The van der Waals surface area contributed by atoms with E-state index >= 15 is 0 Å². The molecule has 1 saturated heterocycles. The molecule has 0 radical (unpaired) electrons. The standard InChI is InChI=1S/C20H18F2N4O6/c21-10-2-1-9(11(22)5-10)6-23-19(30)14-15-12(27)7-25-13-8-32-4-3-24(13)20(31)16(26(15)25)18(29)17(14)28/h1-2,5,12-13,27,29H,3-4,6-8H2,(H,23,30). The molecule has 0 aliphatic carbocycles. The van der Waals surface area contributed by atoms with E-state index in [1.165, 1.54) is 9.58 Å². The fraction of sp³-hybridized carbons (Fsp3) is 0.350. The summed E-state index contributed by atoms with van der Waals surface area (Å²) >= 11 is 0. The van der Waals surface area contributed by atoms with Crippen molar-refractivity contribution in [3.05, 3.63) is 62.6 Å². The number of aliphatic hydroxyl groups excluding tert-OH is 1. The summed E-state index contributed by atoms with van der Waals surface area (Å²) in [5, 5.41) is 25.1. The van der Waals surface area contributed by atoms with E-state index in [9.17, 15) is 33.4 Å². The van der Waals surface area contributed by atoms with E-state index in [1.54, 1.807) is 5.01 Å². The molecule has 2 amide bonds. The molecule has 3 aliphatic heterocycles. The van der Waals surface area contributed by atoms with Crippen LogP contribution in [0.4, 0.5) is 8.78 Å². The zero-order valence-corrected chi connectivity index (χ0v) is 16.5. The molecule has 1 fully saturated rings. The average molecular weight is 448 g/mol. The molecule has 2 aromatic rings. The van der Waals surface area contributed by atoms with Crippen molar-refractivity contribution >= 4 is 11.8 Å². The summed E-state index contributed by atoms with van der Waals surface area (Å²) in [6.45, 7) is 0.271. The number of hydrogen-bond acceptors (Lipinski definition) is 7. The number of aliphatic hydroxyl groups is 1. The van der Waals surface area contributed by atoms with Gasteiger partial charge in [0.2, 0.25) is 5.43 Å². The average Bonchev–Trinajstić information content (AvgIpc) is 3.10. The van der Waals surface area contributed by atoms with Crippen LogP contribution in [0.25, 0.3) is 0 Å². The van der Waals surface area contributed by atoms with Gasteiger partial charge in [-0.05, 0) is 6.07 Å². The first-order chi connectivity index (χ1) is 15.3. The summed E-state index contributed by atoms with van der Waals surface area (Å²) in [5.41, 5.74) is -2.17. The summed E-state index contributed by atoms with van der Waals surface area (Å²) in [6.07, 6.45) is -1.88. The quantitative estimate of drug-likeness (QED) is 0.582. The number of fused-ring (bicyclic) bond motifs is 2. The highest BCUT2D eigenvalue weighted by Gasteiger charge is 2.48. The molecule has 4 heterocycles. The Bertz CT molecular complexity index is 1220. The van der Waals surface area contributed by atoms with Crippen molar-refractivity contribution in [1.82, 2.24) is 14.9 Å². The number of halogens is 2. The van der Waals surface area contributed by atoms with Gasteiger partial charge < -0.3 is 25.2 Å². The maximum atomic E-state index is 13.9. The third-order valence-electron chi connectivity index (χ3n) is 5.89. The minimum absolute atomic E-state index is 0.0224. The van der Waals surface area contributed by atoms with Crippen LogP contribution in [0, 0.1) is 11.6 Å². The molecule has 2 atom stereocenters. The Labute approximate surface area is 179 Å². The first-order valence-electron chi connectivity index (χ1n) is 9.87. The molecule has 2 unspecified atom stereocenters. The van der Waals surface area contributed by atoms with Gasteiger partial charge in [0, 0.05) is 24.7 Å². The highest BCUT2D eigenvalue weighted by atomic mass is 19.1. The molecule has 0 spiro atoms. The van der Waals surface area contributed by atoms with Gasteiger partial charge in [-0.25, -0.2) is 13.5 Å². The fourth-order valence-corrected chi connectivity index (χ4v) is 4.39. The van der Waals surface area contributed by atoms with Crippen molar-refractivity contribution in [2.24, 2.45) is 0 Å². The maximum absolute atomic E-state index is 13.9. The van der Waals surface area contributed by atoms with E-state index in [0.29, 0.717) is 6.07 Å². The summed E-state index contributed by atoms with van der Waals surface area (Å²) in [5.74, 6) is -4.16. The van der Waals surface area contributed by atoms with E-state index in [-0.39, 0.29) is 49.8 Å². The number of aromatic hydroxyl groups is 1. The molecule has 0 saturated carbocycles. The van der Waals surface area contributed by atoms with Crippen LogP contribution in [0.15, 0.2) is 23.0 Å². The molecule has 0 bridgehead atoms. The molecule has 3 N–H and O–H groups in total. The SMILES string of the molecule is O=C(NCc1ccc(F)cc1F)c1c2n3c(c(O)c1=O)C(=O)N1CCOCC1N3CC2O. The lowest BCUT2D eigenvalue weighted by molar-refractivity contribution is -0.0163. The van der Waals surface area contributed by atoms with Gasteiger partial charge in [-0.2, -0.15) is 0 Å². The topological polar surface area (TPSA) is 124 Å². The Morgan fingerprint density at radius 3 is 2.81 bits per heavy atom. The van der Waals surface area contributed by atoms with Crippen LogP contribution >= 0.6 is 0 Å². The second-order valence-corrected chi connectivity index (χ2v) is 7.71. The van der Waals surface area contributed by atoms with Gasteiger partial charge in [0.15, 0.2) is 11.4 Å². The predicted molar refractivity (Wildman–Crippen MR) is 104 cm³/mol. The highest BCUT2D eigenvalue weighted by Crippen LogP contribution is 2.36. The first-order valence-corrected chi connectivity index (χ1v) is 9.87. The van der Waals surface area contributed by atoms with Gasteiger partial charge in [-0.15, -0.1) is 0 Å². The van der Waals surface area contributed by atoms with Gasteiger partial charge in [-0.1, -0.05) is 6.07 Å². The number of ether oxygens (including phenoxy) is 1. The summed E-state index contributed by atoms with van der Waals surface area (Å²) in [4.78, 5) is 40.2. The minimum Gasteiger partial charge on any atom is -0.502 e. The lowest BCUT2D eigenvalue weighted by atomic mass is 10.1. The zero-order chi connectivity index (χ0) is 22.7. The van der Waals surface area contributed by atoms with Crippen LogP contribution < -0.4 is 15.8 Å². The van der Waals surface area contributed by atoms with Crippen molar-refractivity contribution in [1.29, 1.82) is 0 Å². The van der Waals surface area contributed by atoms with Crippen molar-refractivity contribution in [2.75, 3.05) is 31.3 Å². The number of morpholine rings is 1. The molecular weight excluding hydrogens is 430 g/mol. The summed E-state index contributed by atoms with van der Waals surface area (Å²) < 4.78 is 33.6. The molecule has 10 nitrogen and oxygen atoms in total. The molecule has 168 valence electrons. The number of nitrogens with zero attached hydrogens (tertiary/aromatic N) is 3. The summed E-state index contributed by atoms with van der Waals surface area (Å²) in [7, 11) is 0. The lowest BCUT2D eigenvalue weighted by Crippen LogP contribution is -2.64. The van der Waals surface area contributed by atoms with E-state index < -0.39 is 52.5 Å². The Balaban J connectivity index is 1.57.